The van der Waals surface area contributed by atoms with Gasteiger partial charge in [0.2, 0.25) is 5.91 Å². The van der Waals surface area contributed by atoms with Crippen LogP contribution in [0.3, 0.4) is 0 Å². The quantitative estimate of drug-likeness (QED) is 0.538. The molecule has 0 N–H and O–H groups in total. The number of amides is 1. The van der Waals surface area contributed by atoms with Crippen molar-refractivity contribution in [3.63, 3.8) is 0 Å². The van der Waals surface area contributed by atoms with Gasteiger partial charge in [0.05, 0.1) is 10.6 Å². The Bertz CT molecular complexity index is 1330. The molecule has 6 nitrogen and oxygen atoms in total. The number of carbonyl (C=O) groups excluding carboxylic acids is 1. The summed E-state index contributed by atoms with van der Waals surface area (Å²) in [5, 5.41) is 2.41. The molecule has 3 aromatic carbocycles. The van der Waals surface area contributed by atoms with E-state index in [1.807, 2.05) is 47.4 Å². The predicted molar refractivity (Wildman–Crippen MR) is 133 cm³/mol. The van der Waals surface area contributed by atoms with E-state index in [-0.39, 0.29) is 5.91 Å². The lowest BCUT2D eigenvalue weighted by atomic mass is 10.1. The van der Waals surface area contributed by atoms with Crippen molar-refractivity contribution in [2.24, 2.45) is 0 Å². The van der Waals surface area contributed by atoms with Gasteiger partial charge in [0.15, 0.2) is 0 Å². The van der Waals surface area contributed by atoms with Gasteiger partial charge in [0, 0.05) is 55.2 Å². The van der Waals surface area contributed by atoms with Crippen molar-refractivity contribution in [3.05, 3.63) is 65.2 Å². The highest BCUT2D eigenvalue weighted by Crippen LogP contribution is 2.42. The molecule has 0 spiro atoms. The molecular formula is C25H26ClN3O3S. The van der Waals surface area contributed by atoms with Crippen LogP contribution in [0.2, 0.25) is 5.02 Å². The molecular weight excluding hydrogens is 458 g/mol. The molecule has 0 atom stereocenters. The van der Waals surface area contributed by atoms with E-state index in [0.717, 1.165) is 29.5 Å². The first-order valence-electron chi connectivity index (χ1n) is 11.2. The summed E-state index contributed by atoms with van der Waals surface area (Å²) in [6.45, 7) is 5.17. The second kappa shape index (κ2) is 8.54. The third kappa shape index (κ3) is 3.93. The topological polar surface area (TPSA) is 60.9 Å². The average Bonchev–Trinajstić information content (AvgIpc) is 3.04. The molecule has 3 aromatic rings. The van der Waals surface area contributed by atoms with Crippen LogP contribution >= 0.6 is 11.6 Å². The maximum atomic E-state index is 13.1. The number of benzene rings is 3. The van der Waals surface area contributed by atoms with E-state index < -0.39 is 10.0 Å². The molecule has 2 aliphatic rings. The zero-order valence-electron chi connectivity index (χ0n) is 18.5. The SMILES string of the molecule is Cc1ccc(Cl)cc1N1CCN(C(=O)CCCN2c3cccc4cccc(c34)S2(=O)=O)CC1. The van der Waals surface area contributed by atoms with E-state index in [9.17, 15) is 13.2 Å². The molecule has 172 valence electrons. The lowest BCUT2D eigenvalue weighted by Crippen LogP contribution is -2.49. The molecule has 1 amide bonds. The first-order valence-corrected chi connectivity index (χ1v) is 13.0. The van der Waals surface area contributed by atoms with Crippen LogP contribution in [-0.2, 0) is 14.8 Å². The first-order chi connectivity index (χ1) is 15.9. The van der Waals surface area contributed by atoms with Gasteiger partial charge >= 0.3 is 0 Å². The van der Waals surface area contributed by atoms with Crippen molar-refractivity contribution in [2.75, 3.05) is 41.9 Å². The highest BCUT2D eigenvalue weighted by Gasteiger charge is 2.35. The lowest BCUT2D eigenvalue weighted by Gasteiger charge is -2.37. The third-order valence-corrected chi connectivity index (χ3v) is 8.67. The standard InChI is InChI=1S/C25H26ClN3O3S/c1-18-10-11-20(26)17-22(18)27-13-15-28(16-14-27)24(30)9-4-12-29-21-7-2-5-19-6-3-8-23(25(19)21)33(29,31)32/h2-3,5-8,10-11,17H,4,9,12-16H2,1H3. The summed E-state index contributed by atoms with van der Waals surface area (Å²) in [5.41, 5.74) is 2.99. The van der Waals surface area contributed by atoms with Gasteiger partial charge in [-0.3, -0.25) is 9.10 Å². The zero-order chi connectivity index (χ0) is 23.2. The van der Waals surface area contributed by atoms with Crippen LogP contribution in [0, 0.1) is 6.92 Å². The van der Waals surface area contributed by atoms with E-state index >= 15 is 0 Å². The van der Waals surface area contributed by atoms with Gasteiger partial charge in [0.1, 0.15) is 0 Å². The predicted octanol–water partition coefficient (Wildman–Crippen LogP) is 4.44. The number of piperazine rings is 1. The number of hydrogen-bond acceptors (Lipinski definition) is 4. The van der Waals surface area contributed by atoms with Crippen molar-refractivity contribution in [3.8, 4) is 0 Å². The molecule has 0 radical (unpaired) electrons. The summed E-state index contributed by atoms with van der Waals surface area (Å²) < 4.78 is 27.6. The first kappa shape index (κ1) is 22.0. The van der Waals surface area contributed by atoms with Crippen LogP contribution in [0.25, 0.3) is 10.8 Å². The van der Waals surface area contributed by atoms with Crippen molar-refractivity contribution < 1.29 is 13.2 Å². The second-order valence-electron chi connectivity index (χ2n) is 8.61. The number of nitrogens with zero attached hydrogens (tertiary/aromatic N) is 3. The van der Waals surface area contributed by atoms with Gasteiger partial charge in [-0.2, -0.15) is 0 Å². The van der Waals surface area contributed by atoms with Crippen LogP contribution in [0.4, 0.5) is 11.4 Å². The van der Waals surface area contributed by atoms with Crippen LogP contribution in [0.15, 0.2) is 59.5 Å². The van der Waals surface area contributed by atoms with Gasteiger partial charge in [-0.25, -0.2) is 8.42 Å². The van der Waals surface area contributed by atoms with Crippen LogP contribution < -0.4 is 9.21 Å². The average molecular weight is 484 g/mol. The Labute approximate surface area is 199 Å². The number of hydrogen-bond donors (Lipinski definition) is 0. The molecule has 0 bridgehead atoms. The molecule has 0 saturated carbocycles. The minimum atomic E-state index is -3.58. The summed E-state index contributed by atoms with van der Waals surface area (Å²) in [6, 6.07) is 16.9. The van der Waals surface area contributed by atoms with Gasteiger partial charge < -0.3 is 9.80 Å². The maximum absolute atomic E-state index is 13.1. The molecule has 1 saturated heterocycles. The highest BCUT2D eigenvalue weighted by atomic mass is 35.5. The smallest absolute Gasteiger partial charge is 0.265 e. The summed E-state index contributed by atoms with van der Waals surface area (Å²) in [7, 11) is -3.58. The molecule has 0 aromatic heterocycles. The fraction of sp³-hybridized carbons (Fsp3) is 0.320. The Morgan fingerprint density at radius 2 is 1.70 bits per heavy atom. The summed E-state index contributed by atoms with van der Waals surface area (Å²) in [6.07, 6.45) is 0.810. The molecule has 33 heavy (non-hydrogen) atoms. The number of aryl methyl sites for hydroxylation is 1. The van der Waals surface area contributed by atoms with Crippen molar-refractivity contribution in [2.45, 2.75) is 24.7 Å². The Hall–Kier alpha value is -2.77. The molecule has 8 heteroatoms. The molecule has 2 heterocycles. The summed E-state index contributed by atoms with van der Waals surface area (Å²) in [4.78, 5) is 17.3. The zero-order valence-corrected chi connectivity index (χ0v) is 20.1. The van der Waals surface area contributed by atoms with E-state index in [1.54, 1.807) is 12.1 Å². The maximum Gasteiger partial charge on any atom is 0.265 e. The number of anilines is 2. The number of rotatable bonds is 5. The fourth-order valence-electron chi connectivity index (χ4n) is 4.85. The second-order valence-corrected chi connectivity index (χ2v) is 10.9. The number of sulfonamides is 1. The summed E-state index contributed by atoms with van der Waals surface area (Å²) >= 11 is 6.16. The Balaban J connectivity index is 1.19. The van der Waals surface area contributed by atoms with Gasteiger partial charge in [-0.15, -0.1) is 0 Å². The van der Waals surface area contributed by atoms with Crippen molar-refractivity contribution in [1.29, 1.82) is 0 Å². The fourth-order valence-corrected chi connectivity index (χ4v) is 6.77. The largest absolute Gasteiger partial charge is 0.368 e. The lowest BCUT2D eigenvalue weighted by molar-refractivity contribution is -0.131. The van der Waals surface area contributed by atoms with Crippen LogP contribution in [0.1, 0.15) is 18.4 Å². The molecule has 0 unspecified atom stereocenters. The Kier molecular flexibility index (Phi) is 5.70. The van der Waals surface area contributed by atoms with E-state index in [4.69, 9.17) is 11.6 Å². The van der Waals surface area contributed by atoms with E-state index in [0.29, 0.717) is 48.1 Å². The highest BCUT2D eigenvalue weighted by molar-refractivity contribution is 7.93. The molecule has 1 fully saturated rings. The van der Waals surface area contributed by atoms with Crippen LogP contribution in [-0.4, -0.2) is 51.9 Å². The minimum absolute atomic E-state index is 0.0739. The third-order valence-electron chi connectivity index (χ3n) is 6.58. The normalized spacial score (nSPS) is 17.1. The van der Waals surface area contributed by atoms with Crippen molar-refractivity contribution in [1.82, 2.24) is 4.90 Å². The Morgan fingerprint density at radius 1 is 0.970 bits per heavy atom. The van der Waals surface area contributed by atoms with Crippen LogP contribution in [0.5, 0.6) is 0 Å². The molecule has 0 aliphatic carbocycles. The monoisotopic (exact) mass is 483 g/mol. The molecule has 2 aliphatic heterocycles. The Morgan fingerprint density at radius 3 is 2.45 bits per heavy atom. The van der Waals surface area contributed by atoms with Crippen molar-refractivity contribution >= 4 is 49.7 Å². The van der Waals surface area contributed by atoms with Gasteiger partial charge in [-0.1, -0.05) is 41.9 Å². The number of carbonyl (C=O) groups is 1. The number of halogens is 1. The van der Waals surface area contributed by atoms with Gasteiger partial charge in [0.25, 0.3) is 10.0 Å². The van der Waals surface area contributed by atoms with E-state index in [2.05, 4.69) is 11.8 Å². The van der Waals surface area contributed by atoms with Gasteiger partial charge in [-0.05, 0) is 48.6 Å². The summed E-state index contributed by atoms with van der Waals surface area (Å²) in [5.74, 6) is 0.0739. The minimum Gasteiger partial charge on any atom is -0.368 e. The molecule has 5 rings (SSSR count). The van der Waals surface area contributed by atoms with E-state index in [1.165, 1.54) is 9.87 Å².